The molecule has 0 aromatic heterocycles. The average Bonchev–Trinajstić information content (AvgIpc) is 2.19. The lowest BCUT2D eigenvalue weighted by atomic mass is 10.3. The lowest BCUT2D eigenvalue weighted by Crippen LogP contribution is -2.01. The molecule has 1 aromatic rings. The van der Waals surface area contributed by atoms with Gasteiger partial charge < -0.3 is 4.74 Å². The molecule has 0 aliphatic heterocycles. The third-order valence-electron chi connectivity index (χ3n) is 1.52. The van der Waals surface area contributed by atoms with Crippen molar-refractivity contribution >= 4 is 27.5 Å². The SMILES string of the molecule is C=C(CCl)COc1ccc(F)c(Br)c1. The third kappa shape index (κ3) is 3.31. The molecule has 1 rings (SSSR count). The van der Waals surface area contributed by atoms with E-state index in [0.717, 1.165) is 5.57 Å². The first kappa shape index (κ1) is 11.5. The molecule has 0 atom stereocenters. The van der Waals surface area contributed by atoms with E-state index in [0.29, 0.717) is 22.7 Å². The fraction of sp³-hybridized carbons (Fsp3) is 0.200. The van der Waals surface area contributed by atoms with Crippen molar-refractivity contribution in [1.82, 2.24) is 0 Å². The first-order chi connectivity index (χ1) is 6.63. The topological polar surface area (TPSA) is 9.23 Å². The summed E-state index contributed by atoms with van der Waals surface area (Å²) < 4.78 is 18.5. The molecule has 0 heterocycles. The van der Waals surface area contributed by atoms with E-state index in [1.807, 2.05) is 0 Å². The van der Waals surface area contributed by atoms with E-state index in [1.54, 1.807) is 12.1 Å². The lowest BCUT2D eigenvalue weighted by molar-refractivity contribution is 0.352. The van der Waals surface area contributed by atoms with E-state index in [-0.39, 0.29) is 5.82 Å². The second-order valence-electron chi connectivity index (χ2n) is 2.75. The number of ether oxygens (including phenoxy) is 1. The number of benzene rings is 1. The van der Waals surface area contributed by atoms with Crippen LogP contribution in [0.5, 0.6) is 5.75 Å². The van der Waals surface area contributed by atoms with Gasteiger partial charge in [-0.25, -0.2) is 4.39 Å². The van der Waals surface area contributed by atoms with Crippen molar-refractivity contribution in [2.45, 2.75) is 0 Å². The number of hydrogen-bond donors (Lipinski definition) is 0. The highest BCUT2D eigenvalue weighted by Gasteiger charge is 2.01. The molecule has 0 spiro atoms. The average molecular weight is 280 g/mol. The van der Waals surface area contributed by atoms with Gasteiger partial charge in [0.1, 0.15) is 18.2 Å². The molecule has 4 heteroatoms. The summed E-state index contributed by atoms with van der Waals surface area (Å²) in [5.74, 6) is 0.639. The van der Waals surface area contributed by atoms with Crippen molar-refractivity contribution in [1.29, 1.82) is 0 Å². The van der Waals surface area contributed by atoms with Crippen LogP contribution < -0.4 is 4.74 Å². The van der Waals surface area contributed by atoms with Gasteiger partial charge in [0.05, 0.1) is 4.47 Å². The van der Waals surface area contributed by atoms with Gasteiger partial charge in [0.2, 0.25) is 0 Å². The van der Waals surface area contributed by atoms with Crippen LogP contribution in [0, 0.1) is 5.82 Å². The van der Waals surface area contributed by atoms with Gasteiger partial charge in [0.25, 0.3) is 0 Å². The van der Waals surface area contributed by atoms with Gasteiger partial charge >= 0.3 is 0 Å². The zero-order valence-corrected chi connectivity index (χ0v) is 9.74. The Kier molecular flexibility index (Phi) is 4.42. The smallest absolute Gasteiger partial charge is 0.137 e. The Morgan fingerprint density at radius 3 is 2.86 bits per heavy atom. The third-order valence-corrected chi connectivity index (χ3v) is 2.51. The van der Waals surface area contributed by atoms with E-state index in [9.17, 15) is 4.39 Å². The van der Waals surface area contributed by atoms with E-state index in [2.05, 4.69) is 22.5 Å². The largest absolute Gasteiger partial charge is 0.489 e. The van der Waals surface area contributed by atoms with E-state index in [4.69, 9.17) is 16.3 Å². The summed E-state index contributed by atoms with van der Waals surface area (Å²) in [6.45, 7) is 4.03. The minimum absolute atomic E-state index is 0.312. The van der Waals surface area contributed by atoms with Crippen molar-refractivity contribution in [3.05, 3.63) is 40.6 Å². The molecule has 0 bridgehead atoms. The summed E-state index contributed by atoms with van der Waals surface area (Å²) in [6.07, 6.45) is 0. The van der Waals surface area contributed by atoms with Crippen LogP contribution in [0.2, 0.25) is 0 Å². The Morgan fingerprint density at radius 2 is 2.29 bits per heavy atom. The molecule has 1 aromatic carbocycles. The number of halogens is 3. The maximum atomic E-state index is 12.8. The van der Waals surface area contributed by atoms with Crippen molar-refractivity contribution in [2.75, 3.05) is 12.5 Å². The Balaban J connectivity index is 2.60. The highest BCUT2D eigenvalue weighted by atomic mass is 79.9. The summed E-state index contributed by atoms with van der Waals surface area (Å²) in [4.78, 5) is 0. The van der Waals surface area contributed by atoms with Crippen LogP contribution in [0.4, 0.5) is 4.39 Å². The van der Waals surface area contributed by atoms with Crippen molar-refractivity contribution in [3.8, 4) is 5.75 Å². The quantitative estimate of drug-likeness (QED) is 0.602. The maximum absolute atomic E-state index is 12.8. The highest BCUT2D eigenvalue weighted by molar-refractivity contribution is 9.10. The predicted molar refractivity (Wildman–Crippen MR) is 59.5 cm³/mol. The first-order valence-electron chi connectivity index (χ1n) is 3.94. The molecule has 0 unspecified atom stereocenters. The molecular formula is C10H9BrClFO. The monoisotopic (exact) mass is 278 g/mol. The molecule has 0 fully saturated rings. The van der Waals surface area contributed by atoms with E-state index >= 15 is 0 Å². The molecule has 0 amide bonds. The van der Waals surface area contributed by atoms with Crippen LogP contribution in [0.1, 0.15) is 0 Å². The Morgan fingerprint density at radius 1 is 1.57 bits per heavy atom. The van der Waals surface area contributed by atoms with Crippen LogP contribution in [0.3, 0.4) is 0 Å². The number of alkyl halides is 1. The lowest BCUT2D eigenvalue weighted by Gasteiger charge is -2.06. The zero-order valence-electron chi connectivity index (χ0n) is 7.40. The Labute approximate surface area is 95.7 Å². The minimum atomic E-state index is -0.312. The molecule has 0 radical (unpaired) electrons. The second kappa shape index (κ2) is 5.37. The highest BCUT2D eigenvalue weighted by Crippen LogP contribution is 2.21. The number of rotatable bonds is 4. The van der Waals surface area contributed by atoms with Crippen LogP contribution >= 0.6 is 27.5 Å². The van der Waals surface area contributed by atoms with Gasteiger partial charge in [-0.05, 0) is 39.7 Å². The molecule has 0 aliphatic rings. The maximum Gasteiger partial charge on any atom is 0.137 e. The van der Waals surface area contributed by atoms with Gasteiger partial charge in [-0.1, -0.05) is 6.58 Å². The Bertz CT molecular complexity index is 341. The molecule has 0 saturated heterocycles. The molecule has 0 aliphatic carbocycles. The molecule has 1 nitrogen and oxygen atoms in total. The van der Waals surface area contributed by atoms with Crippen LogP contribution in [0.15, 0.2) is 34.8 Å². The van der Waals surface area contributed by atoms with Crippen molar-refractivity contribution in [2.24, 2.45) is 0 Å². The summed E-state index contributed by atoms with van der Waals surface area (Å²) >= 11 is 8.59. The van der Waals surface area contributed by atoms with Crippen molar-refractivity contribution in [3.63, 3.8) is 0 Å². The van der Waals surface area contributed by atoms with Crippen LogP contribution in [-0.2, 0) is 0 Å². The van der Waals surface area contributed by atoms with Crippen molar-refractivity contribution < 1.29 is 9.13 Å². The summed E-state index contributed by atoms with van der Waals surface area (Å²) in [5, 5.41) is 0. The van der Waals surface area contributed by atoms with Gasteiger partial charge in [-0.3, -0.25) is 0 Å². The number of hydrogen-bond acceptors (Lipinski definition) is 1. The zero-order chi connectivity index (χ0) is 10.6. The van der Waals surface area contributed by atoms with Gasteiger partial charge in [0, 0.05) is 5.88 Å². The van der Waals surface area contributed by atoms with Gasteiger partial charge in [0.15, 0.2) is 0 Å². The minimum Gasteiger partial charge on any atom is -0.489 e. The van der Waals surface area contributed by atoms with Crippen LogP contribution in [-0.4, -0.2) is 12.5 Å². The fourth-order valence-corrected chi connectivity index (χ4v) is 1.23. The predicted octanol–water partition coefficient (Wildman–Crippen LogP) is 3.76. The summed E-state index contributed by atoms with van der Waals surface area (Å²) in [5.41, 5.74) is 0.784. The van der Waals surface area contributed by atoms with E-state index < -0.39 is 0 Å². The normalized spacial score (nSPS) is 9.93. The summed E-state index contributed by atoms with van der Waals surface area (Å²) in [6, 6.07) is 4.46. The Hall–Kier alpha value is -0.540. The molecule has 14 heavy (non-hydrogen) atoms. The van der Waals surface area contributed by atoms with Gasteiger partial charge in [-0.15, -0.1) is 11.6 Å². The van der Waals surface area contributed by atoms with Crippen LogP contribution in [0.25, 0.3) is 0 Å². The molecular weight excluding hydrogens is 270 g/mol. The molecule has 0 saturated carbocycles. The molecule has 0 N–H and O–H groups in total. The second-order valence-corrected chi connectivity index (χ2v) is 3.87. The first-order valence-corrected chi connectivity index (χ1v) is 5.26. The standard InChI is InChI=1S/C10H9BrClFO/c1-7(5-12)6-14-8-2-3-10(13)9(11)4-8/h2-4H,1,5-6H2. The molecule has 76 valence electrons. The van der Waals surface area contributed by atoms with E-state index in [1.165, 1.54) is 6.07 Å². The fourth-order valence-electron chi connectivity index (χ4n) is 0.791. The van der Waals surface area contributed by atoms with Gasteiger partial charge in [-0.2, -0.15) is 0 Å². The summed E-state index contributed by atoms with van der Waals surface area (Å²) in [7, 11) is 0.